The number of rotatable bonds is 6. The molecule has 1 aliphatic rings. The fraction of sp³-hybridized carbons (Fsp3) is 0.0682. The van der Waals surface area contributed by atoms with Gasteiger partial charge in [0.05, 0.1) is 34.1 Å². The van der Waals surface area contributed by atoms with Crippen LogP contribution in [0, 0.1) is 16.7 Å². The highest BCUT2D eigenvalue weighted by Crippen LogP contribution is 2.52. The summed E-state index contributed by atoms with van der Waals surface area (Å²) in [6.45, 7) is 4.65. The average molecular weight is 617 g/mol. The summed E-state index contributed by atoms with van der Waals surface area (Å²) in [6, 6.07) is 49.8. The van der Waals surface area contributed by atoms with E-state index in [-0.39, 0.29) is 5.41 Å². The largest absolute Gasteiger partial charge is 0.309 e. The summed E-state index contributed by atoms with van der Waals surface area (Å²) < 4.78 is 2.41. The number of fused-ring (bicyclic) bond motifs is 7. The first-order valence-electron chi connectivity index (χ1n) is 16.1. The lowest BCUT2D eigenvalue weighted by molar-refractivity contribution is 0.661. The van der Waals surface area contributed by atoms with E-state index in [0.717, 1.165) is 22.3 Å². The van der Waals surface area contributed by atoms with Crippen molar-refractivity contribution in [3.05, 3.63) is 179 Å². The predicted molar refractivity (Wildman–Crippen MR) is 198 cm³/mol. The first kappa shape index (κ1) is 29.1. The molecule has 0 fully saturated rings. The smallest absolute Gasteiger partial charge is 0.0991 e. The molecule has 0 aliphatic heterocycles. The Morgan fingerprint density at radius 2 is 1.48 bits per heavy atom. The number of nitriles is 1. The molecule has 8 rings (SSSR count). The van der Waals surface area contributed by atoms with Crippen molar-refractivity contribution in [3.63, 3.8) is 0 Å². The zero-order valence-corrected chi connectivity index (χ0v) is 26.8. The van der Waals surface area contributed by atoms with E-state index in [2.05, 4.69) is 109 Å². The molecule has 0 unspecified atom stereocenters. The van der Waals surface area contributed by atoms with Crippen molar-refractivity contribution in [2.45, 2.75) is 19.3 Å². The van der Waals surface area contributed by atoms with Gasteiger partial charge in [-0.25, -0.2) is 0 Å². The zero-order valence-electron chi connectivity index (χ0n) is 26.8. The Balaban J connectivity index is 1.27. The number of allylic oxidation sites excluding steroid dienone is 1. The molecular formula is C44H32N4. The van der Waals surface area contributed by atoms with Crippen LogP contribution in [-0.2, 0) is 5.41 Å². The number of aromatic nitrogens is 1. The van der Waals surface area contributed by atoms with Crippen LogP contribution in [0.2, 0.25) is 0 Å². The van der Waals surface area contributed by atoms with E-state index < -0.39 is 0 Å². The molecule has 0 spiro atoms. The molecule has 48 heavy (non-hydrogen) atoms. The number of benzene rings is 6. The standard InChI is InChI=1S/C44H32N4/c1-44(2)37-20-8-6-19-36(37)42-38(44)23-22-35-34-18-7-9-21-41(34)48(43(35)42)33-17-11-13-30(25-33)28-47-40(31-14-4-3-5-15-31)26-39(46)32-16-10-12-29(24-32)27-45/h3-26,28,46H,1-2H3/b40-26-,46-39?,47-28?. The van der Waals surface area contributed by atoms with E-state index in [1.54, 1.807) is 24.3 Å². The van der Waals surface area contributed by atoms with Gasteiger partial charge in [-0.15, -0.1) is 0 Å². The van der Waals surface area contributed by atoms with Crippen LogP contribution in [0.3, 0.4) is 0 Å². The van der Waals surface area contributed by atoms with Gasteiger partial charge in [0.2, 0.25) is 0 Å². The van der Waals surface area contributed by atoms with E-state index in [1.807, 2.05) is 42.6 Å². The monoisotopic (exact) mass is 616 g/mol. The van der Waals surface area contributed by atoms with E-state index in [9.17, 15) is 5.26 Å². The maximum Gasteiger partial charge on any atom is 0.0991 e. The second kappa shape index (κ2) is 11.5. The van der Waals surface area contributed by atoms with E-state index in [0.29, 0.717) is 22.5 Å². The van der Waals surface area contributed by atoms with Gasteiger partial charge in [-0.2, -0.15) is 5.26 Å². The van der Waals surface area contributed by atoms with Crippen molar-refractivity contribution in [1.82, 2.24) is 4.57 Å². The Morgan fingerprint density at radius 1 is 0.729 bits per heavy atom. The molecule has 0 bridgehead atoms. The van der Waals surface area contributed by atoms with Gasteiger partial charge in [-0.1, -0.05) is 123 Å². The van der Waals surface area contributed by atoms with E-state index >= 15 is 0 Å². The third kappa shape index (κ3) is 4.76. The second-order valence-corrected chi connectivity index (χ2v) is 12.8. The molecule has 4 heteroatoms. The quantitative estimate of drug-likeness (QED) is 0.186. The van der Waals surface area contributed by atoms with Crippen molar-refractivity contribution in [2.24, 2.45) is 4.99 Å². The summed E-state index contributed by atoms with van der Waals surface area (Å²) in [5, 5.41) is 20.7. The number of nitrogens with one attached hydrogen (secondary N) is 1. The van der Waals surface area contributed by atoms with Crippen LogP contribution in [0.25, 0.3) is 44.3 Å². The van der Waals surface area contributed by atoms with E-state index in [1.165, 1.54) is 38.5 Å². The first-order chi connectivity index (χ1) is 23.4. The van der Waals surface area contributed by atoms with Gasteiger partial charge in [-0.05, 0) is 58.7 Å². The van der Waals surface area contributed by atoms with Gasteiger partial charge in [0, 0.05) is 44.8 Å². The lowest BCUT2D eigenvalue weighted by atomic mass is 9.82. The van der Waals surface area contributed by atoms with Crippen LogP contribution in [0.5, 0.6) is 0 Å². The Labute approximate surface area is 280 Å². The molecule has 0 saturated carbocycles. The normalized spacial score (nSPS) is 13.5. The lowest BCUT2D eigenvalue weighted by Gasteiger charge is -2.21. The SMILES string of the molecule is CC1(C)c2ccccc2-c2c1ccc1c3ccccc3n(-c3cccc(C=N/C(=C\C(=N)c4cccc(C#N)c4)c4ccccc4)c3)c21. The lowest BCUT2D eigenvalue weighted by Crippen LogP contribution is -2.14. The molecule has 0 amide bonds. The summed E-state index contributed by atoms with van der Waals surface area (Å²) in [5.74, 6) is 0. The van der Waals surface area contributed by atoms with Crippen molar-refractivity contribution < 1.29 is 0 Å². The number of para-hydroxylation sites is 1. The molecule has 0 radical (unpaired) electrons. The minimum Gasteiger partial charge on any atom is -0.309 e. The van der Waals surface area contributed by atoms with Crippen molar-refractivity contribution >= 4 is 39.4 Å². The summed E-state index contributed by atoms with van der Waals surface area (Å²) in [7, 11) is 0. The van der Waals surface area contributed by atoms with E-state index in [4.69, 9.17) is 10.4 Å². The highest BCUT2D eigenvalue weighted by molar-refractivity contribution is 6.16. The second-order valence-electron chi connectivity index (χ2n) is 12.8. The molecule has 1 aliphatic carbocycles. The number of hydrogen-bond donors (Lipinski definition) is 1. The van der Waals surface area contributed by atoms with Gasteiger partial charge in [-0.3, -0.25) is 4.99 Å². The Bertz CT molecular complexity index is 2500. The minimum absolute atomic E-state index is 0.0975. The van der Waals surface area contributed by atoms with Crippen LogP contribution in [0.15, 0.2) is 151 Å². The van der Waals surface area contributed by atoms with Crippen molar-refractivity contribution in [1.29, 1.82) is 10.7 Å². The van der Waals surface area contributed by atoms with Crippen LogP contribution in [0.4, 0.5) is 0 Å². The molecule has 228 valence electrons. The van der Waals surface area contributed by atoms with Crippen molar-refractivity contribution in [2.75, 3.05) is 0 Å². The molecule has 7 aromatic rings. The zero-order chi connectivity index (χ0) is 32.8. The maximum absolute atomic E-state index is 9.37. The molecular weight excluding hydrogens is 585 g/mol. The minimum atomic E-state index is -0.0975. The fourth-order valence-corrected chi connectivity index (χ4v) is 7.18. The Kier molecular flexibility index (Phi) is 6.97. The topological polar surface area (TPSA) is 64.9 Å². The highest BCUT2D eigenvalue weighted by atomic mass is 15.0. The number of nitrogens with zero attached hydrogens (tertiary/aromatic N) is 3. The molecule has 0 atom stereocenters. The number of hydrogen-bond acceptors (Lipinski definition) is 3. The van der Waals surface area contributed by atoms with Crippen LogP contribution in [-0.4, -0.2) is 16.5 Å². The highest BCUT2D eigenvalue weighted by Gasteiger charge is 2.37. The van der Waals surface area contributed by atoms with Gasteiger partial charge in [0.15, 0.2) is 0 Å². The average Bonchev–Trinajstić information content (AvgIpc) is 3.59. The summed E-state index contributed by atoms with van der Waals surface area (Å²) in [6.07, 6.45) is 3.64. The Hall–Kier alpha value is -6.31. The Morgan fingerprint density at radius 3 is 2.33 bits per heavy atom. The summed E-state index contributed by atoms with van der Waals surface area (Å²) >= 11 is 0. The molecule has 6 aromatic carbocycles. The first-order valence-corrected chi connectivity index (χ1v) is 16.1. The maximum atomic E-state index is 9.37. The number of aliphatic imine (C=N–C) groups is 1. The van der Waals surface area contributed by atoms with Crippen LogP contribution < -0.4 is 0 Å². The molecule has 1 aromatic heterocycles. The summed E-state index contributed by atoms with van der Waals surface area (Å²) in [5.41, 5.74) is 12.7. The molecule has 1 heterocycles. The molecule has 1 N–H and O–H groups in total. The van der Waals surface area contributed by atoms with Crippen LogP contribution in [0.1, 0.15) is 47.2 Å². The molecule has 0 saturated heterocycles. The van der Waals surface area contributed by atoms with Gasteiger partial charge in [0.25, 0.3) is 0 Å². The van der Waals surface area contributed by atoms with Gasteiger partial charge < -0.3 is 9.98 Å². The molecule has 4 nitrogen and oxygen atoms in total. The third-order valence-electron chi connectivity index (χ3n) is 9.51. The summed E-state index contributed by atoms with van der Waals surface area (Å²) in [4.78, 5) is 4.95. The predicted octanol–water partition coefficient (Wildman–Crippen LogP) is 10.5. The van der Waals surface area contributed by atoms with Gasteiger partial charge in [0.1, 0.15) is 0 Å². The third-order valence-corrected chi connectivity index (χ3v) is 9.51. The van der Waals surface area contributed by atoms with Gasteiger partial charge >= 0.3 is 0 Å². The van der Waals surface area contributed by atoms with Crippen molar-refractivity contribution in [3.8, 4) is 22.9 Å². The fourth-order valence-electron chi connectivity index (χ4n) is 7.18. The van der Waals surface area contributed by atoms with Crippen LogP contribution >= 0.6 is 0 Å².